The third kappa shape index (κ3) is 16.5. The van der Waals surface area contributed by atoms with E-state index in [0.717, 1.165) is 24.2 Å². The zero-order valence-corrected chi connectivity index (χ0v) is 31.2. The molecule has 1 heterocycles. The number of anilines is 1. The molecule has 1 atom stereocenters. The van der Waals surface area contributed by atoms with Crippen LogP contribution in [0.15, 0.2) is 28.4 Å². The number of carbonyl (C=O) groups excluding carboxylic acids is 1. The van der Waals surface area contributed by atoms with Gasteiger partial charge in [0.1, 0.15) is 23.6 Å². The van der Waals surface area contributed by atoms with Gasteiger partial charge in [-0.15, -0.1) is 21.6 Å². The number of likely N-dealkylation sites (N-methyl/N-ethyl adjacent to an activating group) is 1. The number of rotatable bonds is 27. The molecule has 0 amide bonds. The minimum Gasteiger partial charge on any atom is -0.463 e. The molecule has 50 heavy (non-hydrogen) atoms. The molecule has 1 unspecified atom stereocenters. The first-order valence-corrected chi connectivity index (χ1v) is 18.0. The Morgan fingerprint density at radius 3 is 2.02 bits per heavy atom. The van der Waals surface area contributed by atoms with Crippen LogP contribution in [0.5, 0.6) is 0 Å². The lowest BCUT2D eigenvalue weighted by molar-refractivity contribution is -0.145. The number of ether oxygens (including phenoxy) is 7. The van der Waals surface area contributed by atoms with Crippen LogP contribution in [0.4, 0.5) is 16.4 Å². The predicted octanol–water partition coefficient (Wildman–Crippen LogP) is 6.57. The molecule has 0 aliphatic carbocycles. The van der Waals surface area contributed by atoms with E-state index in [-0.39, 0.29) is 24.8 Å². The van der Waals surface area contributed by atoms with Gasteiger partial charge in [-0.25, -0.2) is 0 Å². The molecule has 0 spiro atoms. The van der Waals surface area contributed by atoms with Crippen LogP contribution >= 0.6 is 11.3 Å². The molecule has 276 valence electrons. The number of hydrogen-bond donors (Lipinski definition) is 0. The standard InChI is InChI=1S/C36H53N5O8S/c1-7-9-35(42)48-21-19-46-17-15-44-13-12-43-14-16-45-18-20-47-31(26-49-27(3)4)25-41(8-2)30-10-11-33(28(5)22-30)39-40-36-32(23-37)29(6)34(24-38)50-36/h10-11,22,27,31H,7-9,12-21,25-26H2,1-6H3. The Bertz CT molecular complexity index is 1390. The van der Waals surface area contributed by atoms with Crippen LogP contribution in [0, 0.1) is 36.5 Å². The van der Waals surface area contributed by atoms with Crippen molar-refractivity contribution >= 4 is 33.7 Å². The minimum atomic E-state index is -0.197. The molecule has 0 saturated heterocycles. The van der Waals surface area contributed by atoms with Gasteiger partial charge in [0.25, 0.3) is 0 Å². The van der Waals surface area contributed by atoms with E-state index in [2.05, 4.69) is 40.3 Å². The molecule has 2 rings (SSSR count). The number of nitrogens with zero attached hydrogens (tertiary/aromatic N) is 5. The Labute approximate surface area is 301 Å². The summed E-state index contributed by atoms with van der Waals surface area (Å²) >= 11 is 1.17. The Balaban J connectivity index is 1.72. The van der Waals surface area contributed by atoms with Crippen molar-refractivity contribution in [1.82, 2.24) is 0 Å². The summed E-state index contributed by atoms with van der Waals surface area (Å²) < 4.78 is 39.2. The molecule has 0 N–H and O–H groups in total. The van der Waals surface area contributed by atoms with Crippen LogP contribution in [-0.2, 0) is 38.0 Å². The molecule has 0 saturated carbocycles. The number of aryl methyl sites for hydroxylation is 1. The highest BCUT2D eigenvalue weighted by molar-refractivity contribution is 7.16. The number of thiophene rings is 1. The van der Waals surface area contributed by atoms with E-state index in [0.29, 0.717) is 106 Å². The second kappa shape index (κ2) is 25.5. The number of nitriles is 2. The molecule has 0 aliphatic rings. The van der Waals surface area contributed by atoms with Gasteiger partial charge in [-0.3, -0.25) is 4.79 Å². The Kier molecular flexibility index (Phi) is 21.8. The van der Waals surface area contributed by atoms with Gasteiger partial charge in [0.15, 0.2) is 5.00 Å². The molecule has 13 nitrogen and oxygen atoms in total. The zero-order valence-electron chi connectivity index (χ0n) is 30.4. The fraction of sp³-hybridized carbons (Fsp3) is 0.639. The van der Waals surface area contributed by atoms with Gasteiger partial charge in [0.2, 0.25) is 0 Å². The third-order valence-electron chi connectivity index (χ3n) is 7.20. The summed E-state index contributed by atoms with van der Waals surface area (Å²) in [5, 5.41) is 27.9. The molecule has 0 bridgehead atoms. The van der Waals surface area contributed by atoms with Crippen molar-refractivity contribution in [2.75, 3.05) is 90.7 Å². The van der Waals surface area contributed by atoms with Crippen LogP contribution in [-0.4, -0.2) is 104 Å². The number of azo groups is 1. The molecule has 2 aromatic rings. The highest BCUT2D eigenvalue weighted by Gasteiger charge is 2.18. The van der Waals surface area contributed by atoms with Crippen LogP contribution in [0.3, 0.4) is 0 Å². The number of benzene rings is 1. The fourth-order valence-electron chi connectivity index (χ4n) is 4.50. The average molecular weight is 716 g/mol. The summed E-state index contributed by atoms with van der Waals surface area (Å²) in [6, 6.07) is 10.2. The second-order valence-electron chi connectivity index (χ2n) is 11.5. The maximum absolute atomic E-state index is 11.3. The lowest BCUT2D eigenvalue weighted by atomic mass is 10.1. The Morgan fingerprint density at radius 1 is 0.860 bits per heavy atom. The van der Waals surface area contributed by atoms with Crippen molar-refractivity contribution in [1.29, 1.82) is 10.5 Å². The molecule has 0 aliphatic heterocycles. The summed E-state index contributed by atoms with van der Waals surface area (Å²) in [6.07, 6.45) is 1.11. The van der Waals surface area contributed by atoms with E-state index in [1.807, 2.05) is 39.8 Å². The van der Waals surface area contributed by atoms with E-state index in [1.165, 1.54) is 11.3 Å². The molecular formula is C36H53N5O8S. The normalized spacial score (nSPS) is 11.9. The summed E-state index contributed by atoms with van der Waals surface area (Å²) in [4.78, 5) is 14.0. The van der Waals surface area contributed by atoms with Crippen LogP contribution < -0.4 is 4.90 Å². The fourth-order valence-corrected chi connectivity index (χ4v) is 5.37. The number of esters is 1. The molecule has 1 aromatic carbocycles. The first-order chi connectivity index (χ1) is 24.2. The second-order valence-corrected chi connectivity index (χ2v) is 12.5. The van der Waals surface area contributed by atoms with Gasteiger partial charge in [-0.2, -0.15) is 10.5 Å². The minimum absolute atomic E-state index is 0.0766. The lowest BCUT2D eigenvalue weighted by Crippen LogP contribution is -2.38. The van der Waals surface area contributed by atoms with Crippen molar-refractivity contribution in [3.8, 4) is 12.1 Å². The zero-order chi connectivity index (χ0) is 36.6. The topological polar surface area (TPSA) is 157 Å². The van der Waals surface area contributed by atoms with Crippen LogP contribution in [0.25, 0.3) is 0 Å². The van der Waals surface area contributed by atoms with Gasteiger partial charge >= 0.3 is 5.97 Å². The van der Waals surface area contributed by atoms with Crippen molar-refractivity contribution in [2.24, 2.45) is 10.2 Å². The van der Waals surface area contributed by atoms with Crippen molar-refractivity contribution in [3.05, 3.63) is 39.8 Å². The largest absolute Gasteiger partial charge is 0.463 e. The van der Waals surface area contributed by atoms with Gasteiger partial charge < -0.3 is 38.1 Å². The first kappa shape index (κ1) is 42.7. The maximum Gasteiger partial charge on any atom is 0.305 e. The number of hydrogen-bond acceptors (Lipinski definition) is 14. The third-order valence-corrected chi connectivity index (χ3v) is 8.28. The molecule has 0 fully saturated rings. The Morgan fingerprint density at radius 2 is 1.48 bits per heavy atom. The summed E-state index contributed by atoms with van der Waals surface area (Å²) in [5.74, 6) is -0.197. The number of carbonyl (C=O) groups is 1. The van der Waals surface area contributed by atoms with E-state index < -0.39 is 0 Å². The van der Waals surface area contributed by atoms with Crippen molar-refractivity contribution < 1.29 is 38.0 Å². The Hall–Kier alpha value is -3.47. The van der Waals surface area contributed by atoms with E-state index in [9.17, 15) is 15.3 Å². The van der Waals surface area contributed by atoms with Gasteiger partial charge in [-0.05, 0) is 70.4 Å². The smallest absolute Gasteiger partial charge is 0.305 e. The SMILES string of the molecule is CCCC(=O)OCCOCCOCCOCCOCCOC(COC(C)C)CN(CC)c1ccc(N=Nc2sc(C#N)c(C)c2C#N)c(C)c1. The first-order valence-electron chi connectivity index (χ1n) is 17.1. The van der Waals surface area contributed by atoms with Crippen LogP contribution in [0.1, 0.15) is 62.1 Å². The summed E-state index contributed by atoms with van der Waals surface area (Å²) in [7, 11) is 0. The maximum atomic E-state index is 11.3. The summed E-state index contributed by atoms with van der Waals surface area (Å²) in [5.41, 5.74) is 3.66. The molecular weight excluding hydrogens is 662 g/mol. The van der Waals surface area contributed by atoms with E-state index >= 15 is 0 Å². The highest BCUT2D eigenvalue weighted by Crippen LogP contribution is 2.36. The van der Waals surface area contributed by atoms with Crippen LogP contribution in [0.2, 0.25) is 0 Å². The lowest BCUT2D eigenvalue weighted by Gasteiger charge is -2.29. The molecule has 1 aromatic heterocycles. The van der Waals surface area contributed by atoms with E-state index in [1.54, 1.807) is 6.92 Å². The predicted molar refractivity (Wildman–Crippen MR) is 192 cm³/mol. The van der Waals surface area contributed by atoms with Crippen molar-refractivity contribution in [3.63, 3.8) is 0 Å². The molecule has 14 heteroatoms. The summed E-state index contributed by atoms with van der Waals surface area (Å²) in [6.45, 7) is 17.7. The van der Waals surface area contributed by atoms with Gasteiger partial charge in [0, 0.05) is 25.2 Å². The monoisotopic (exact) mass is 715 g/mol. The van der Waals surface area contributed by atoms with Crippen molar-refractivity contribution in [2.45, 2.75) is 66.6 Å². The molecule has 0 radical (unpaired) electrons. The van der Waals surface area contributed by atoms with Gasteiger partial charge in [-0.1, -0.05) is 6.92 Å². The van der Waals surface area contributed by atoms with E-state index in [4.69, 9.17) is 33.2 Å². The highest BCUT2D eigenvalue weighted by atomic mass is 32.1. The van der Waals surface area contributed by atoms with Gasteiger partial charge in [0.05, 0.1) is 89.5 Å². The quantitative estimate of drug-likeness (QED) is 0.0560. The average Bonchev–Trinajstić information content (AvgIpc) is 3.41.